The zero-order valence-corrected chi connectivity index (χ0v) is 16.9. The highest BCUT2D eigenvalue weighted by atomic mass is 19.1. The number of amides is 1. The number of nitrogens with one attached hydrogen (secondary N) is 2. The molecule has 0 radical (unpaired) electrons. The minimum absolute atomic E-state index is 0.158. The van der Waals surface area contributed by atoms with Gasteiger partial charge >= 0.3 is 0 Å². The van der Waals surface area contributed by atoms with Crippen LogP contribution in [0.15, 0.2) is 42.9 Å². The fourth-order valence-electron chi connectivity index (χ4n) is 3.40. The minimum atomic E-state index is -1.43. The monoisotopic (exact) mass is 437 g/mol. The Morgan fingerprint density at radius 3 is 3.03 bits per heavy atom. The number of carbonyl (C=O) groups excluding carboxylic acids is 1. The highest BCUT2D eigenvalue weighted by molar-refractivity contribution is 5.77. The number of anilines is 2. The van der Waals surface area contributed by atoms with Crippen LogP contribution in [0.4, 0.5) is 15.9 Å². The summed E-state index contributed by atoms with van der Waals surface area (Å²) in [6, 6.07) is 8.65. The lowest BCUT2D eigenvalue weighted by molar-refractivity contribution is -0.138. The number of aliphatic hydroxyl groups is 1. The predicted molar refractivity (Wildman–Crippen MR) is 112 cm³/mol. The number of alkyl halides is 1. The van der Waals surface area contributed by atoms with E-state index in [0.717, 1.165) is 5.69 Å². The van der Waals surface area contributed by atoms with Crippen LogP contribution >= 0.6 is 0 Å². The van der Waals surface area contributed by atoms with Crippen molar-refractivity contribution >= 4 is 17.4 Å². The van der Waals surface area contributed by atoms with E-state index in [4.69, 9.17) is 9.84 Å². The van der Waals surface area contributed by atoms with Gasteiger partial charge in [-0.3, -0.25) is 9.89 Å². The number of hydrogen-bond acceptors (Lipinski definition) is 8. The number of aliphatic hydroxyl groups excluding tert-OH is 1. The number of ether oxygens (including phenoxy) is 1. The Morgan fingerprint density at radius 1 is 1.44 bits per heavy atom. The van der Waals surface area contributed by atoms with E-state index in [0.29, 0.717) is 17.2 Å². The lowest BCUT2D eigenvalue weighted by Gasteiger charge is -2.34. The van der Waals surface area contributed by atoms with Crippen LogP contribution in [0.25, 0.3) is 11.4 Å². The number of likely N-dealkylation sites (tertiary alicyclic amines) is 1. The molecule has 11 heteroatoms. The average molecular weight is 437 g/mol. The largest absolute Gasteiger partial charge is 0.486 e. The highest BCUT2D eigenvalue weighted by Gasteiger charge is 2.33. The van der Waals surface area contributed by atoms with Gasteiger partial charge in [-0.2, -0.15) is 10.4 Å². The Balaban J connectivity index is 1.49. The van der Waals surface area contributed by atoms with Crippen molar-refractivity contribution in [1.29, 1.82) is 5.26 Å². The number of benzene rings is 1. The van der Waals surface area contributed by atoms with Crippen LogP contribution < -0.4 is 10.1 Å². The van der Waals surface area contributed by atoms with Gasteiger partial charge < -0.3 is 20.1 Å². The second-order valence-corrected chi connectivity index (χ2v) is 7.16. The van der Waals surface area contributed by atoms with Gasteiger partial charge in [0, 0.05) is 30.9 Å². The maximum Gasteiger partial charge on any atom is 0.248 e. The molecule has 10 nitrogen and oxygen atoms in total. The summed E-state index contributed by atoms with van der Waals surface area (Å²) < 4.78 is 20.3. The van der Waals surface area contributed by atoms with Crippen LogP contribution in [-0.2, 0) is 4.79 Å². The third kappa shape index (κ3) is 4.65. The molecule has 32 heavy (non-hydrogen) atoms. The molecule has 0 spiro atoms. The number of rotatable bonds is 6. The summed E-state index contributed by atoms with van der Waals surface area (Å²) in [6.45, 7) is -0.539. The number of nitrogens with zero attached hydrogens (tertiary/aromatic N) is 5. The third-order valence-electron chi connectivity index (χ3n) is 5.03. The standard InChI is InChI=1S/C21H20FN7O3/c22-16-11-29(20(31)12-30)6-4-18(16)32-17-2-1-13(7-14(17)8-23)21-24-5-3-19(28-21)27-15-9-25-26-10-15/h1-3,5,7,9-10,16,18,30H,4,6,11-12H2,(H,25,26)(H,24,27,28)/t16-,18+/m1/s1. The lowest BCUT2D eigenvalue weighted by atomic mass is 10.0. The number of halogens is 1. The molecule has 3 N–H and O–H groups in total. The van der Waals surface area contributed by atoms with Crippen molar-refractivity contribution in [3.05, 3.63) is 48.4 Å². The van der Waals surface area contributed by atoms with Gasteiger partial charge in [-0.05, 0) is 24.3 Å². The fraction of sp³-hybridized carbons (Fsp3) is 0.286. The highest BCUT2D eigenvalue weighted by Crippen LogP contribution is 2.28. The molecule has 0 unspecified atom stereocenters. The molecule has 1 fully saturated rings. The van der Waals surface area contributed by atoms with Crippen molar-refractivity contribution in [3.63, 3.8) is 0 Å². The van der Waals surface area contributed by atoms with Crippen LogP contribution in [0.2, 0.25) is 0 Å². The van der Waals surface area contributed by atoms with E-state index in [9.17, 15) is 14.4 Å². The van der Waals surface area contributed by atoms with Crippen molar-refractivity contribution in [2.24, 2.45) is 0 Å². The van der Waals surface area contributed by atoms with Crippen LogP contribution in [0, 0.1) is 11.3 Å². The molecule has 1 saturated heterocycles. The summed E-state index contributed by atoms with van der Waals surface area (Å²) in [5.74, 6) is 0.691. The SMILES string of the molecule is N#Cc1cc(-c2nccc(Nc3cn[nH]c3)n2)ccc1O[C@H]1CCN(C(=O)CO)C[C@H]1F. The molecular formula is C21H20FN7O3. The Morgan fingerprint density at radius 2 is 2.31 bits per heavy atom. The van der Waals surface area contributed by atoms with E-state index >= 15 is 0 Å². The molecule has 0 bridgehead atoms. The van der Waals surface area contributed by atoms with E-state index in [-0.39, 0.29) is 30.8 Å². The summed E-state index contributed by atoms with van der Waals surface area (Å²) in [4.78, 5) is 21.5. The lowest BCUT2D eigenvalue weighted by Crippen LogP contribution is -2.50. The van der Waals surface area contributed by atoms with E-state index in [2.05, 4.69) is 31.6 Å². The second-order valence-electron chi connectivity index (χ2n) is 7.16. The molecule has 2 aromatic heterocycles. The first-order chi connectivity index (χ1) is 15.6. The summed E-state index contributed by atoms with van der Waals surface area (Å²) >= 11 is 0. The number of aromatic nitrogens is 4. The minimum Gasteiger partial charge on any atom is -0.486 e. The molecule has 1 aromatic carbocycles. The van der Waals surface area contributed by atoms with Gasteiger partial charge in [0.25, 0.3) is 0 Å². The van der Waals surface area contributed by atoms with Crippen LogP contribution in [0.1, 0.15) is 12.0 Å². The normalized spacial score (nSPS) is 18.1. The molecule has 1 amide bonds. The molecule has 3 aromatic rings. The molecule has 4 rings (SSSR count). The van der Waals surface area contributed by atoms with Crippen molar-refractivity contribution in [2.75, 3.05) is 25.0 Å². The fourth-order valence-corrected chi connectivity index (χ4v) is 3.40. The van der Waals surface area contributed by atoms with E-state index in [1.807, 2.05) is 0 Å². The number of nitriles is 1. The maximum absolute atomic E-state index is 14.5. The number of hydrogen-bond donors (Lipinski definition) is 3. The zero-order valence-electron chi connectivity index (χ0n) is 16.9. The number of carbonyl (C=O) groups is 1. The smallest absolute Gasteiger partial charge is 0.248 e. The Kier molecular flexibility index (Phi) is 6.23. The molecule has 1 aliphatic rings. The first kappa shape index (κ1) is 21.2. The van der Waals surface area contributed by atoms with Crippen molar-refractivity contribution < 1.29 is 19.0 Å². The van der Waals surface area contributed by atoms with Gasteiger partial charge in [0.1, 0.15) is 30.3 Å². The first-order valence-electron chi connectivity index (χ1n) is 9.90. The molecule has 2 atom stereocenters. The van der Waals surface area contributed by atoms with Crippen LogP contribution in [-0.4, -0.2) is 68.1 Å². The quantitative estimate of drug-likeness (QED) is 0.530. The average Bonchev–Trinajstić information content (AvgIpc) is 3.33. The van der Waals surface area contributed by atoms with Gasteiger partial charge in [-0.1, -0.05) is 0 Å². The van der Waals surface area contributed by atoms with Crippen molar-refractivity contribution in [3.8, 4) is 23.2 Å². The van der Waals surface area contributed by atoms with Crippen LogP contribution in [0.5, 0.6) is 5.75 Å². The number of piperidine rings is 1. The maximum atomic E-state index is 14.5. The van der Waals surface area contributed by atoms with Gasteiger partial charge in [-0.25, -0.2) is 14.4 Å². The molecule has 1 aliphatic heterocycles. The second kappa shape index (κ2) is 9.40. The van der Waals surface area contributed by atoms with E-state index < -0.39 is 24.8 Å². The number of H-pyrrole nitrogens is 1. The predicted octanol–water partition coefficient (Wildman–Crippen LogP) is 1.79. The van der Waals surface area contributed by atoms with E-state index in [1.165, 1.54) is 4.90 Å². The molecule has 0 saturated carbocycles. The summed E-state index contributed by atoms with van der Waals surface area (Å²) in [5.41, 5.74) is 1.56. The molecule has 0 aliphatic carbocycles. The molecule has 164 valence electrons. The number of aromatic amines is 1. The van der Waals surface area contributed by atoms with Gasteiger partial charge in [0.2, 0.25) is 5.91 Å². The van der Waals surface area contributed by atoms with Crippen molar-refractivity contribution in [2.45, 2.75) is 18.7 Å². The van der Waals surface area contributed by atoms with Crippen molar-refractivity contribution in [1.82, 2.24) is 25.1 Å². The zero-order chi connectivity index (χ0) is 22.5. The summed E-state index contributed by atoms with van der Waals surface area (Å²) in [5, 5.41) is 28.2. The van der Waals surface area contributed by atoms with Gasteiger partial charge in [-0.15, -0.1) is 0 Å². The molecule has 3 heterocycles. The molecular weight excluding hydrogens is 417 g/mol. The Labute approximate surface area is 182 Å². The van der Waals surface area contributed by atoms with Gasteiger partial charge in [0.15, 0.2) is 12.0 Å². The van der Waals surface area contributed by atoms with Gasteiger partial charge in [0.05, 0.1) is 24.0 Å². The Hall–Kier alpha value is -4.04. The van der Waals surface area contributed by atoms with E-state index in [1.54, 1.807) is 42.9 Å². The first-order valence-corrected chi connectivity index (χ1v) is 9.90. The summed E-state index contributed by atoms with van der Waals surface area (Å²) in [7, 11) is 0. The topological polar surface area (TPSA) is 140 Å². The Bertz CT molecular complexity index is 1130. The van der Waals surface area contributed by atoms with Crippen LogP contribution in [0.3, 0.4) is 0 Å². The summed E-state index contributed by atoms with van der Waals surface area (Å²) in [6.07, 6.45) is 2.92. The third-order valence-corrected chi connectivity index (χ3v) is 5.03.